The van der Waals surface area contributed by atoms with E-state index in [1.54, 1.807) is 0 Å². The third kappa shape index (κ3) is 3.70. The van der Waals surface area contributed by atoms with E-state index in [4.69, 9.17) is 0 Å². The van der Waals surface area contributed by atoms with Crippen LogP contribution in [0, 0.1) is 11.6 Å². The third-order valence-electron chi connectivity index (χ3n) is 3.67. The van der Waals surface area contributed by atoms with E-state index >= 15 is 0 Å². The van der Waals surface area contributed by atoms with Crippen molar-refractivity contribution in [1.82, 2.24) is 5.16 Å². The Morgan fingerprint density at radius 2 is 1.70 bits per heavy atom. The molecule has 0 saturated heterocycles. The maximum absolute atomic E-state index is 14.2. The van der Waals surface area contributed by atoms with E-state index in [1.165, 1.54) is 12.1 Å². The van der Waals surface area contributed by atoms with Gasteiger partial charge in [-0.2, -0.15) is 13.2 Å². The van der Waals surface area contributed by atoms with Crippen LogP contribution in [0.15, 0.2) is 51.9 Å². The molecule has 0 spiro atoms. The summed E-state index contributed by atoms with van der Waals surface area (Å²) in [5, 5.41) is 3.37. The van der Waals surface area contributed by atoms with Crippen LogP contribution in [0.4, 0.5) is 22.0 Å². The summed E-state index contributed by atoms with van der Waals surface area (Å²) in [5.41, 5.74) is -1.30. The van der Waals surface area contributed by atoms with E-state index < -0.39 is 43.9 Å². The normalized spacial score (nSPS) is 12.4. The second-order valence-corrected chi connectivity index (χ2v) is 7.64. The minimum Gasteiger partial charge on any atom is -0.350 e. The summed E-state index contributed by atoms with van der Waals surface area (Å²) in [5.74, 6) is -3.45. The number of alkyl halides is 3. The number of hydrogen-bond acceptors (Lipinski definition) is 4. The highest BCUT2D eigenvalue weighted by molar-refractivity contribution is 7.90. The van der Waals surface area contributed by atoms with Crippen LogP contribution in [0.1, 0.15) is 5.76 Å². The van der Waals surface area contributed by atoms with Crippen LogP contribution in [0.25, 0.3) is 22.4 Å². The zero-order valence-electron chi connectivity index (χ0n) is 13.5. The highest BCUT2D eigenvalue weighted by Crippen LogP contribution is 2.43. The molecule has 1 aromatic heterocycles. The monoisotopic (exact) mass is 403 g/mol. The standard InChI is InChI=1S/C17H10F5NO3S/c1-27(24,25)13-6-5-9(8-12(13)19)14-15(10-3-2-4-11(18)7-10)23-26-16(14)17(20,21)22/h2-8H,1H3. The molecule has 3 rings (SSSR count). The Morgan fingerprint density at radius 3 is 2.26 bits per heavy atom. The van der Waals surface area contributed by atoms with E-state index in [1.807, 2.05) is 0 Å². The van der Waals surface area contributed by atoms with Gasteiger partial charge in [-0.1, -0.05) is 23.4 Å². The van der Waals surface area contributed by atoms with Crippen molar-refractivity contribution >= 4 is 9.84 Å². The van der Waals surface area contributed by atoms with Crippen LogP contribution in [0.3, 0.4) is 0 Å². The zero-order valence-corrected chi connectivity index (χ0v) is 14.3. The van der Waals surface area contributed by atoms with E-state index in [-0.39, 0.29) is 16.8 Å². The van der Waals surface area contributed by atoms with Crippen molar-refractivity contribution in [1.29, 1.82) is 0 Å². The lowest BCUT2D eigenvalue weighted by atomic mass is 9.98. The third-order valence-corrected chi connectivity index (χ3v) is 4.80. The molecular weight excluding hydrogens is 393 g/mol. The molecule has 10 heteroatoms. The molecule has 0 fully saturated rings. The number of halogens is 5. The topological polar surface area (TPSA) is 60.2 Å². The second kappa shape index (κ2) is 6.45. The molecule has 2 aromatic carbocycles. The van der Waals surface area contributed by atoms with Gasteiger partial charge in [0.15, 0.2) is 9.84 Å². The SMILES string of the molecule is CS(=O)(=O)c1ccc(-c2c(-c3cccc(F)c3)noc2C(F)(F)F)cc1F. The van der Waals surface area contributed by atoms with E-state index in [9.17, 15) is 30.4 Å². The first-order valence-corrected chi connectivity index (χ1v) is 9.20. The molecule has 0 aliphatic heterocycles. The molecule has 0 saturated carbocycles. The molecule has 0 atom stereocenters. The predicted molar refractivity (Wildman–Crippen MR) is 85.4 cm³/mol. The first-order valence-electron chi connectivity index (χ1n) is 7.31. The van der Waals surface area contributed by atoms with Crippen LogP contribution in [-0.2, 0) is 16.0 Å². The van der Waals surface area contributed by atoms with Crippen LogP contribution >= 0.6 is 0 Å². The zero-order chi connectivity index (χ0) is 20.0. The quantitative estimate of drug-likeness (QED) is 0.595. The van der Waals surface area contributed by atoms with Gasteiger partial charge in [-0.15, -0.1) is 0 Å². The van der Waals surface area contributed by atoms with Gasteiger partial charge in [-0.3, -0.25) is 0 Å². The Labute approximate surface area is 150 Å². The number of benzene rings is 2. The summed E-state index contributed by atoms with van der Waals surface area (Å²) in [6.45, 7) is 0. The Balaban J connectivity index is 2.28. The van der Waals surface area contributed by atoms with Gasteiger partial charge >= 0.3 is 6.18 Å². The number of aromatic nitrogens is 1. The van der Waals surface area contributed by atoms with Gasteiger partial charge in [0.05, 0.1) is 5.56 Å². The highest BCUT2D eigenvalue weighted by atomic mass is 32.2. The largest absolute Gasteiger partial charge is 0.453 e. The number of hydrogen-bond donors (Lipinski definition) is 0. The van der Waals surface area contributed by atoms with Crippen molar-refractivity contribution in [2.24, 2.45) is 0 Å². The molecule has 142 valence electrons. The summed E-state index contributed by atoms with van der Waals surface area (Å²) < 4.78 is 95.0. The van der Waals surface area contributed by atoms with E-state index in [0.717, 1.165) is 30.5 Å². The second-order valence-electron chi connectivity index (χ2n) is 5.66. The maximum atomic E-state index is 14.2. The van der Waals surface area contributed by atoms with Crippen molar-refractivity contribution in [3.8, 4) is 22.4 Å². The van der Waals surface area contributed by atoms with Gasteiger partial charge in [-0.25, -0.2) is 17.2 Å². The Hall–Kier alpha value is -2.75. The number of nitrogens with zero attached hydrogens (tertiary/aromatic N) is 1. The molecule has 4 nitrogen and oxygen atoms in total. The van der Waals surface area contributed by atoms with Crippen LogP contribution < -0.4 is 0 Å². The average Bonchev–Trinajstić information content (AvgIpc) is 2.98. The fourth-order valence-corrected chi connectivity index (χ4v) is 3.27. The van der Waals surface area contributed by atoms with Gasteiger partial charge in [0.25, 0.3) is 0 Å². The summed E-state index contributed by atoms with van der Waals surface area (Å²) in [6.07, 6.45) is -4.19. The summed E-state index contributed by atoms with van der Waals surface area (Å²) in [4.78, 5) is -0.663. The maximum Gasteiger partial charge on any atom is 0.453 e. The molecule has 27 heavy (non-hydrogen) atoms. The first-order chi connectivity index (χ1) is 12.5. The lowest BCUT2D eigenvalue weighted by molar-refractivity contribution is -0.154. The van der Waals surface area contributed by atoms with Crippen molar-refractivity contribution < 1.29 is 34.9 Å². The molecule has 0 bridgehead atoms. The number of rotatable bonds is 3. The minimum absolute atomic E-state index is 0.0168. The Morgan fingerprint density at radius 1 is 1.00 bits per heavy atom. The van der Waals surface area contributed by atoms with Crippen molar-refractivity contribution in [3.05, 3.63) is 59.9 Å². The predicted octanol–water partition coefficient (Wildman–Crippen LogP) is 4.71. The van der Waals surface area contributed by atoms with Crippen LogP contribution in [-0.4, -0.2) is 19.8 Å². The fraction of sp³-hybridized carbons (Fsp3) is 0.118. The molecule has 0 aliphatic rings. The van der Waals surface area contributed by atoms with Crippen molar-refractivity contribution in [3.63, 3.8) is 0 Å². The van der Waals surface area contributed by atoms with Gasteiger partial charge < -0.3 is 4.52 Å². The average molecular weight is 403 g/mol. The van der Waals surface area contributed by atoms with Crippen LogP contribution in [0.2, 0.25) is 0 Å². The molecule has 0 aliphatic carbocycles. The molecule has 0 radical (unpaired) electrons. The van der Waals surface area contributed by atoms with Gasteiger partial charge in [-0.05, 0) is 29.8 Å². The Kier molecular flexibility index (Phi) is 4.54. The summed E-state index contributed by atoms with van der Waals surface area (Å²) in [6, 6.07) is 7.11. The van der Waals surface area contributed by atoms with Gasteiger partial charge in [0, 0.05) is 11.8 Å². The molecular formula is C17H10F5NO3S. The lowest BCUT2D eigenvalue weighted by Gasteiger charge is -2.09. The van der Waals surface area contributed by atoms with Gasteiger partial charge in [0.1, 0.15) is 22.2 Å². The first kappa shape index (κ1) is 19.0. The molecule has 0 amide bonds. The summed E-state index contributed by atoms with van der Waals surface area (Å²) >= 11 is 0. The minimum atomic E-state index is -4.96. The Bertz CT molecular complexity index is 1120. The summed E-state index contributed by atoms with van der Waals surface area (Å²) in [7, 11) is -3.91. The van der Waals surface area contributed by atoms with Crippen molar-refractivity contribution in [2.45, 2.75) is 11.1 Å². The van der Waals surface area contributed by atoms with E-state index in [0.29, 0.717) is 6.07 Å². The molecule has 0 unspecified atom stereocenters. The van der Waals surface area contributed by atoms with E-state index in [2.05, 4.69) is 9.68 Å². The van der Waals surface area contributed by atoms with Gasteiger partial charge in [0.2, 0.25) is 5.76 Å². The number of sulfone groups is 1. The molecule has 1 heterocycles. The van der Waals surface area contributed by atoms with Crippen molar-refractivity contribution in [2.75, 3.05) is 6.26 Å². The fourth-order valence-electron chi connectivity index (χ4n) is 2.54. The van der Waals surface area contributed by atoms with Crippen LogP contribution in [0.5, 0.6) is 0 Å². The highest BCUT2D eigenvalue weighted by Gasteiger charge is 2.41. The smallest absolute Gasteiger partial charge is 0.350 e. The molecule has 0 N–H and O–H groups in total. The lowest BCUT2D eigenvalue weighted by Crippen LogP contribution is -2.06. The molecule has 3 aromatic rings.